The molecule has 2 rings (SSSR count). The van der Waals surface area contributed by atoms with Gasteiger partial charge >= 0.3 is 0 Å². The molecule has 0 aliphatic carbocycles. The molecule has 1 aromatic carbocycles. The summed E-state index contributed by atoms with van der Waals surface area (Å²) in [5.41, 5.74) is 2.01. The molecule has 0 saturated heterocycles. The van der Waals surface area contributed by atoms with E-state index >= 15 is 0 Å². The maximum Gasteiger partial charge on any atom is 0.231 e. The third-order valence-electron chi connectivity index (χ3n) is 1.90. The first-order valence-electron chi connectivity index (χ1n) is 3.87. The topological polar surface area (TPSA) is 50.7 Å². The van der Waals surface area contributed by atoms with Crippen LogP contribution in [0.15, 0.2) is 6.07 Å². The summed E-state index contributed by atoms with van der Waals surface area (Å²) in [7, 11) is 0. The Labute approximate surface area is 84.1 Å². The van der Waals surface area contributed by atoms with E-state index in [1.54, 1.807) is 0 Å². The Morgan fingerprint density at radius 2 is 2.36 bits per heavy atom. The van der Waals surface area contributed by atoms with Gasteiger partial charge in [0, 0.05) is 6.07 Å². The van der Waals surface area contributed by atoms with Crippen LogP contribution in [0.25, 0.3) is 0 Å². The molecule has 0 atom stereocenters. The third kappa shape index (κ3) is 1.39. The molecule has 1 aliphatic heterocycles. The number of rotatable bonds is 2. The molecule has 1 aliphatic rings. The molecule has 1 aromatic rings. The fourth-order valence-electron chi connectivity index (χ4n) is 1.29. The summed E-state index contributed by atoms with van der Waals surface area (Å²) in [6.07, 6.45) is 0. The van der Waals surface area contributed by atoms with Crippen molar-refractivity contribution in [2.24, 2.45) is 0 Å². The molecule has 0 fully saturated rings. The Kier molecular flexibility index (Phi) is 2.45. The zero-order valence-corrected chi connectivity index (χ0v) is 7.77. The molecule has 1 heterocycles. The van der Waals surface area contributed by atoms with Gasteiger partial charge in [-0.2, -0.15) is 0 Å². The van der Waals surface area contributed by atoms with E-state index in [4.69, 9.17) is 26.3 Å². The highest BCUT2D eigenvalue weighted by molar-refractivity contribution is 6.31. The van der Waals surface area contributed by atoms with Gasteiger partial charge < -0.3 is 14.7 Å². The maximum absolute atomic E-state index is 13.4. The predicted octanol–water partition coefficient (Wildman–Crippen LogP) is 1.69. The van der Waals surface area contributed by atoms with Crippen LogP contribution in [0.1, 0.15) is 5.56 Å². The lowest BCUT2D eigenvalue weighted by Crippen LogP contribution is -2.09. The summed E-state index contributed by atoms with van der Waals surface area (Å²) < 4.78 is 23.5. The van der Waals surface area contributed by atoms with Crippen LogP contribution in [0, 0.1) is 5.82 Å². The molecule has 14 heavy (non-hydrogen) atoms. The average molecular weight is 220 g/mol. The minimum absolute atomic E-state index is 0.0353. The van der Waals surface area contributed by atoms with Gasteiger partial charge in [-0.15, -0.1) is 0 Å². The molecule has 4 nitrogen and oxygen atoms in total. The molecule has 6 heteroatoms. The Morgan fingerprint density at radius 1 is 1.57 bits per heavy atom. The summed E-state index contributed by atoms with van der Waals surface area (Å²) >= 11 is 5.61. The highest BCUT2D eigenvalue weighted by Gasteiger charge is 2.23. The van der Waals surface area contributed by atoms with Crippen molar-refractivity contribution >= 4 is 11.6 Å². The first-order valence-corrected chi connectivity index (χ1v) is 4.25. The van der Waals surface area contributed by atoms with Crippen molar-refractivity contribution in [2.75, 3.05) is 6.79 Å². The number of fused-ring (bicyclic) bond motifs is 1. The van der Waals surface area contributed by atoms with Crippen LogP contribution in [0.2, 0.25) is 5.02 Å². The quantitative estimate of drug-likeness (QED) is 0.744. The van der Waals surface area contributed by atoms with E-state index in [-0.39, 0.29) is 29.7 Å². The maximum atomic E-state index is 13.4. The van der Waals surface area contributed by atoms with Crippen LogP contribution in [-0.2, 0) is 6.54 Å². The van der Waals surface area contributed by atoms with Crippen molar-refractivity contribution in [3.8, 4) is 11.5 Å². The highest BCUT2D eigenvalue weighted by Crippen LogP contribution is 2.40. The Hall–Kier alpha value is -1.04. The smallest absolute Gasteiger partial charge is 0.231 e. The summed E-state index contributed by atoms with van der Waals surface area (Å²) in [6.45, 7) is -0.0500. The van der Waals surface area contributed by atoms with Crippen LogP contribution >= 0.6 is 11.6 Å². The molecule has 0 amide bonds. The second-order valence-electron chi connectivity index (χ2n) is 2.72. The number of ether oxygens (including phenoxy) is 2. The fourth-order valence-corrected chi connectivity index (χ4v) is 1.50. The zero-order valence-electron chi connectivity index (χ0n) is 7.01. The monoisotopic (exact) mass is 219 g/mol. The zero-order chi connectivity index (χ0) is 10.1. The molecule has 76 valence electrons. The molecule has 0 unspecified atom stereocenters. The Balaban J connectivity index is 2.54. The van der Waals surface area contributed by atoms with E-state index in [1.165, 1.54) is 6.07 Å². The summed E-state index contributed by atoms with van der Waals surface area (Å²) in [5, 5.41) is 8.45. The first kappa shape index (κ1) is 9.51. The van der Waals surface area contributed by atoms with E-state index in [9.17, 15) is 4.39 Å². The van der Waals surface area contributed by atoms with Crippen molar-refractivity contribution in [1.82, 2.24) is 5.48 Å². The van der Waals surface area contributed by atoms with Gasteiger partial charge in [-0.1, -0.05) is 11.6 Å². The average Bonchev–Trinajstić information content (AvgIpc) is 2.60. The lowest BCUT2D eigenvalue weighted by molar-refractivity contribution is 0.154. The lowest BCUT2D eigenvalue weighted by Gasteiger charge is -2.07. The van der Waals surface area contributed by atoms with Gasteiger partial charge in [0.2, 0.25) is 6.79 Å². The largest absolute Gasteiger partial charge is 0.454 e. The first-order chi connectivity index (χ1) is 6.74. The minimum Gasteiger partial charge on any atom is -0.454 e. The normalized spacial score (nSPS) is 13.4. The van der Waals surface area contributed by atoms with Gasteiger partial charge in [-0.3, -0.25) is 0 Å². The number of hydroxylamine groups is 1. The molecule has 2 N–H and O–H groups in total. The molecule has 0 radical (unpaired) electrons. The summed E-state index contributed by atoms with van der Waals surface area (Å²) in [4.78, 5) is 0. The van der Waals surface area contributed by atoms with Crippen molar-refractivity contribution in [3.05, 3.63) is 22.5 Å². The van der Waals surface area contributed by atoms with Crippen molar-refractivity contribution < 1.29 is 19.1 Å². The Bertz CT molecular complexity index is 372. The number of halogens is 2. The molecule has 0 bridgehead atoms. The summed E-state index contributed by atoms with van der Waals surface area (Å²) in [5.74, 6) is 0.0626. The highest BCUT2D eigenvalue weighted by atomic mass is 35.5. The number of hydrogen-bond acceptors (Lipinski definition) is 4. The fraction of sp³-hybridized carbons (Fsp3) is 0.250. The second-order valence-corrected chi connectivity index (χ2v) is 3.13. The molecular formula is C8H7ClFNO3. The van der Waals surface area contributed by atoms with Crippen LogP contribution in [0.3, 0.4) is 0 Å². The number of hydrogen-bond donors (Lipinski definition) is 2. The van der Waals surface area contributed by atoms with E-state index < -0.39 is 5.82 Å². The molecule has 0 spiro atoms. The molecular weight excluding hydrogens is 213 g/mol. The van der Waals surface area contributed by atoms with Gasteiger partial charge in [0.15, 0.2) is 11.5 Å². The second kappa shape index (κ2) is 3.61. The van der Waals surface area contributed by atoms with E-state index in [1.807, 2.05) is 5.48 Å². The summed E-state index contributed by atoms with van der Waals surface area (Å²) in [6, 6.07) is 1.35. The van der Waals surface area contributed by atoms with Crippen molar-refractivity contribution in [3.63, 3.8) is 0 Å². The Morgan fingerprint density at radius 3 is 3.07 bits per heavy atom. The van der Waals surface area contributed by atoms with Gasteiger partial charge in [0.05, 0.1) is 17.1 Å². The van der Waals surface area contributed by atoms with E-state index in [0.717, 1.165) is 0 Å². The van der Waals surface area contributed by atoms with E-state index in [0.29, 0.717) is 5.75 Å². The lowest BCUT2D eigenvalue weighted by atomic mass is 10.1. The minimum atomic E-state index is -0.613. The van der Waals surface area contributed by atoms with Crippen LogP contribution < -0.4 is 15.0 Å². The van der Waals surface area contributed by atoms with Gasteiger partial charge in [0.1, 0.15) is 5.82 Å². The molecule has 0 aromatic heterocycles. The number of benzene rings is 1. The van der Waals surface area contributed by atoms with E-state index in [2.05, 4.69) is 0 Å². The standard InChI is InChI=1S/C8H7ClFNO3/c9-5-1-6-8(14-3-13-6)4(2-11-12)7(5)10/h1,11-12H,2-3H2. The molecule has 0 saturated carbocycles. The van der Waals surface area contributed by atoms with Gasteiger partial charge in [-0.05, 0) is 0 Å². The SMILES string of the molecule is ONCc1c(F)c(Cl)cc2c1OCO2. The van der Waals surface area contributed by atoms with Crippen molar-refractivity contribution in [1.29, 1.82) is 0 Å². The number of nitrogens with one attached hydrogen (secondary N) is 1. The van der Waals surface area contributed by atoms with Crippen LogP contribution in [-0.4, -0.2) is 12.0 Å². The third-order valence-corrected chi connectivity index (χ3v) is 2.18. The van der Waals surface area contributed by atoms with Crippen molar-refractivity contribution in [2.45, 2.75) is 6.54 Å². The van der Waals surface area contributed by atoms with Crippen LogP contribution in [0.5, 0.6) is 11.5 Å². The van der Waals surface area contributed by atoms with Gasteiger partial charge in [0.25, 0.3) is 0 Å². The predicted molar refractivity (Wildman–Crippen MR) is 46.2 cm³/mol. The van der Waals surface area contributed by atoms with Gasteiger partial charge in [-0.25, -0.2) is 9.87 Å². The van der Waals surface area contributed by atoms with Crippen LogP contribution in [0.4, 0.5) is 4.39 Å².